The van der Waals surface area contributed by atoms with Gasteiger partial charge in [-0.15, -0.1) is 0 Å². The molecule has 4 aliphatic rings. The van der Waals surface area contributed by atoms with Crippen LogP contribution in [0.15, 0.2) is 72.5 Å². The van der Waals surface area contributed by atoms with E-state index in [4.69, 9.17) is 11.6 Å². The van der Waals surface area contributed by atoms with Gasteiger partial charge in [-0.3, -0.25) is 4.79 Å². The van der Waals surface area contributed by atoms with E-state index in [0.717, 1.165) is 55.8 Å². The molecule has 1 aliphatic carbocycles. The number of rotatable bonds is 4. The second kappa shape index (κ2) is 9.68. The van der Waals surface area contributed by atoms with E-state index in [1.807, 2.05) is 41.4 Å². The zero-order valence-corrected chi connectivity index (χ0v) is 21.1. The lowest BCUT2D eigenvalue weighted by molar-refractivity contribution is -0.128. The summed E-state index contributed by atoms with van der Waals surface area (Å²) >= 11 is 6.70. The molecule has 6 rings (SSSR count). The predicted molar refractivity (Wildman–Crippen MR) is 141 cm³/mol. The van der Waals surface area contributed by atoms with Crippen molar-refractivity contribution < 1.29 is 9.18 Å². The Balaban J connectivity index is 1.45. The number of dihydropyridines is 1. The maximum Gasteiger partial charge on any atom is 0.210 e. The first-order valence-electron chi connectivity index (χ1n) is 13.2. The molecule has 2 N–H and O–H groups in total. The van der Waals surface area contributed by atoms with E-state index in [9.17, 15) is 4.79 Å². The average Bonchev–Trinajstić information content (AvgIpc) is 3.32. The van der Waals surface area contributed by atoms with Crippen molar-refractivity contribution in [3.05, 3.63) is 94.4 Å². The van der Waals surface area contributed by atoms with Crippen LogP contribution < -0.4 is 10.6 Å². The Kier molecular flexibility index (Phi) is 6.38. The number of hydrogen-bond acceptors (Lipinski definition) is 3. The number of likely N-dealkylation sites (tertiary alicyclic amines) is 1. The predicted octanol–water partition coefficient (Wildman–Crippen LogP) is 5.73. The summed E-state index contributed by atoms with van der Waals surface area (Å²) in [6, 6.07) is 14.9. The first-order valence-corrected chi connectivity index (χ1v) is 13.6. The summed E-state index contributed by atoms with van der Waals surface area (Å²) in [5.41, 5.74) is 3.13. The molecule has 2 saturated heterocycles. The summed E-state index contributed by atoms with van der Waals surface area (Å²) in [7, 11) is 0. The fraction of sp³-hybridized carbons (Fsp3) is 0.433. The van der Waals surface area contributed by atoms with Crippen molar-refractivity contribution in [3.8, 4) is 0 Å². The highest BCUT2D eigenvalue weighted by atomic mass is 35.5. The van der Waals surface area contributed by atoms with Gasteiger partial charge in [0, 0.05) is 47.1 Å². The summed E-state index contributed by atoms with van der Waals surface area (Å²) < 4.78 is 15.2. The van der Waals surface area contributed by atoms with Crippen molar-refractivity contribution in [1.29, 1.82) is 0 Å². The molecule has 6 atom stereocenters. The van der Waals surface area contributed by atoms with Gasteiger partial charge >= 0.3 is 0 Å². The number of nitrogens with zero attached hydrogens (tertiary/aromatic N) is 1. The van der Waals surface area contributed by atoms with Crippen LogP contribution in [0.25, 0.3) is 0 Å². The van der Waals surface area contributed by atoms with Crippen molar-refractivity contribution in [2.45, 2.75) is 56.1 Å². The molecule has 6 heteroatoms. The Morgan fingerprint density at radius 1 is 1.08 bits per heavy atom. The van der Waals surface area contributed by atoms with E-state index in [0.29, 0.717) is 18.0 Å². The van der Waals surface area contributed by atoms with Crippen LogP contribution in [0.1, 0.15) is 55.2 Å². The largest absolute Gasteiger partial charge is 0.384 e. The number of carbonyl (C=O) groups excluding carboxylic acids is 1. The molecule has 1 spiro atoms. The first kappa shape index (κ1) is 23.7. The van der Waals surface area contributed by atoms with Crippen LogP contribution in [0.5, 0.6) is 0 Å². The van der Waals surface area contributed by atoms with E-state index in [-0.39, 0.29) is 35.2 Å². The van der Waals surface area contributed by atoms with Gasteiger partial charge in [-0.1, -0.05) is 60.5 Å². The van der Waals surface area contributed by atoms with E-state index in [1.54, 1.807) is 6.07 Å². The lowest BCUT2D eigenvalue weighted by Gasteiger charge is -2.53. The molecule has 0 radical (unpaired) electrons. The standard InChI is InChI=1S/C30H33ClFN3O/c31-25-10-3-1-7-21(25)20-15-28(22-8-2-4-11-26(22)32)35(19-36)29(16-20)24-17-33-18-30(24)13-5-12-27-23(30)9-6-14-34-27/h1-4,6-11,14,19-20,24,27-29,33-34H,5,12-13,15-18H2. The fourth-order valence-electron chi connectivity index (χ4n) is 7.67. The second-order valence-electron chi connectivity index (χ2n) is 10.8. The topological polar surface area (TPSA) is 44.4 Å². The minimum atomic E-state index is -0.334. The number of halogens is 2. The molecular formula is C30H33ClFN3O. The highest BCUT2D eigenvalue weighted by molar-refractivity contribution is 6.31. The third kappa shape index (κ3) is 3.88. The van der Waals surface area contributed by atoms with Crippen LogP contribution in [0.4, 0.5) is 4.39 Å². The zero-order chi connectivity index (χ0) is 24.7. The Bertz CT molecular complexity index is 1200. The average molecular weight is 506 g/mol. The van der Waals surface area contributed by atoms with Gasteiger partial charge in [0.1, 0.15) is 5.82 Å². The highest BCUT2D eigenvalue weighted by Gasteiger charge is 2.55. The van der Waals surface area contributed by atoms with E-state index in [1.165, 1.54) is 11.6 Å². The van der Waals surface area contributed by atoms with Gasteiger partial charge in [-0.05, 0) is 67.1 Å². The van der Waals surface area contributed by atoms with Crippen molar-refractivity contribution in [3.63, 3.8) is 0 Å². The third-order valence-corrected chi connectivity index (χ3v) is 9.57. The number of hydrogen-bond donors (Lipinski definition) is 2. The summed E-state index contributed by atoms with van der Waals surface area (Å²) in [4.78, 5) is 14.8. The number of fused-ring (bicyclic) bond motifs is 2. The van der Waals surface area contributed by atoms with Gasteiger partial charge in [0.05, 0.1) is 6.04 Å². The summed E-state index contributed by atoms with van der Waals surface area (Å²) in [6.45, 7) is 1.77. The van der Waals surface area contributed by atoms with Crippen LogP contribution in [0.2, 0.25) is 5.02 Å². The molecule has 1 amide bonds. The van der Waals surface area contributed by atoms with Crippen LogP contribution >= 0.6 is 11.6 Å². The number of allylic oxidation sites excluding steroid dienone is 2. The van der Waals surface area contributed by atoms with Crippen LogP contribution in [-0.2, 0) is 4.79 Å². The van der Waals surface area contributed by atoms with Gasteiger partial charge in [0.2, 0.25) is 6.41 Å². The van der Waals surface area contributed by atoms with Gasteiger partial charge in [-0.25, -0.2) is 4.39 Å². The second-order valence-corrected chi connectivity index (χ2v) is 11.2. The minimum Gasteiger partial charge on any atom is -0.384 e. The zero-order valence-electron chi connectivity index (χ0n) is 20.4. The van der Waals surface area contributed by atoms with Crippen LogP contribution in [0, 0.1) is 17.2 Å². The molecule has 6 unspecified atom stereocenters. The normalized spacial score (nSPS) is 33.7. The quantitative estimate of drug-likeness (QED) is 0.522. The maximum atomic E-state index is 15.2. The molecule has 2 aromatic carbocycles. The molecule has 0 bridgehead atoms. The molecule has 3 fully saturated rings. The highest BCUT2D eigenvalue weighted by Crippen LogP contribution is 2.55. The molecule has 36 heavy (non-hydrogen) atoms. The molecule has 1 saturated carbocycles. The monoisotopic (exact) mass is 505 g/mol. The Labute approximate surface area is 217 Å². The first-order chi connectivity index (χ1) is 17.6. The number of piperidine rings is 1. The lowest BCUT2D eigenvalue weighted by Crippen LogP contribution is -2.55. The van der Waals surface area contributed by atoms with E-state index < -0.39 is 0 Å². The van der Waals surface area contributed by atoms with Gasteiger partial charge < -0.3 is 15.5 Å². The van der Waals surface area contributed by atoms with Crippen molar-refractivity contribution in [2.75, 3.05) is 13.1 Å². The molecule has 188 valence electrons. The third-order valence-electron chi connectivity index (χ3n) is 9.22. The molecule has 3 heterocycles. The Morgan fingerprint density at radius 2 is 1.89 bits per heavy atom. The smallest absolute Gasteiger partial charge is 0.210 e. The molecule has 0 aromatic heterocycles. The summed E-state index contributed by atoms with van der Waals surface area (Å²) in [6.07, 6.45) is 12.3. The van der Waals surface area contributed by atoms with E-state index in [2.05, 4.69) is 28.9 Å². The SMILES string of the molecule is O=CN1C(c2ccccc2F)CC(c2ccccc2Cl)CC1C1CNCC12CCCC1NC=CC=C12. The maximum absolute atomic E-state index is 15.2. The van der Waals surface area contributed by atoms with Gasteiger partial charge in [0.25, 0.3) is 0 Å². The number of benzene rings is 2. The molecule has 3 aliphatic heterocycles. The van der Waals surface area contributed by atoms with Gasteiger partial charge in [0.15, 0.2) is 0 Å². The van der Waals surface area contributed by atoms with Crippen molar-refractivity contribution in [2.24, 2.45) is 11.3 Å². The molecule has 4 nitrogen and oxygen atoms in total. The molecular weight excluding hydrogens is 473 g/mol. The van der Waals surface area contributed by atoms with E-state index >= 15 is 4.39 Å². The Morgan fingerprint density at radius 3 is 2.69 bits per heavy atom. The fourth-order valence-corrected chi connectivity index (χ4v) is 7.96. The van der Waals surface area contributed by atoms with Crippen molar-refractivity contribution >= 4 is 18.0 Å². The lowest BCUT2D eigenvalue weighted by atomic mass is 9.59. The van der Waals surface area contributed by atoms with Crippen LogP contribution in [0.3, 0.4) is 0 Å². The number of carbonyl (C=O) groups is 1. The number of nitrogens with one attached hydrogen (secondary N) is 2. The number of amides is 1. The molecule has 2 aromatic rings. The summed E-state index contributed by atoms with van der Waals surface area (Å²) in [5, 5.41) is 8.03. The minimum absolute atomic E-state index is 0.0191. The van der Waals surface area contributed by atoms with Crippen LogP contribution in [-0.4, -0.2) is 36.5 Å². The van der Waals surface area contributed by atoms with Crippen molar-refractivity contribution in [1.82, 2.24) is 15.5 Å². The summed E-state index contributed by atoms with van der Waals surface area (Å²) in [5.74, 6) is 0.124. The van der Waals surface area contributed by atoms with Gasteiger partial charge in [-0.2, -0.15) is 0 Å². The Hall–Kier alpha value is -2.63.